The lowest BCUT2D eigenvalue weighted by Crippen LogP contribution is -2.17. The Bertz CT molecular complexity index is 267. The fourth-order valence-electron chi connectivity index (χ4n) is 1.19. The summed E-state index contributed by atoms with van der Waals surface area (Å²) in [6.07, 6.45) is -2.13. The van der Waals surface area contributed by atoms with Gasteiger partial charge in [-0.2, -0.15) is 0 Å². The van der Waals surface area contributed by atoms with Crippen LogP contribution < -0.4 is 0 Å². The van der Waals surface area contributed by atoms with Gasteiger partial charge in [0.25, 0.3) is 0 Å². The first-order valence-corrected chi connectivity index (χ1v) is 5.71. The van der Waals surface area contributed by atoms with E-state index in [1.54, 1.807) is 0 Å². The zero-order valence-corrected chi connectivity index (χ0v) is 9.75. The van der Waals surface area contributed by atoms with E-state index in [4.69, 9.17) is 18.5 Å². The van der Waals surface area contributed by atoms with E-state index < -0.39 is 12.3 Å². The number of hydrogen-bond acceptors (Lipinski definition) is 8. The molecule has 2 heterocycles. The van der Waals surface area contributed by atoms with Gasteiger partial charge in [-0.05, 0) is 0 Å². The molecule has 0 aliphatic carbocycles. The van der Waals surface area contributed by atoms with Crippen molar-refractivity contribution in [3.63, 3.8) is 0 Å². The Morgan fingerprint density at radius 1 is 1.00 bits per heavy atom. The number of cyclic esters (lactones) is 4. The highest BCUT2D eigenvalue weighted by Gasteiger charge is 2.26. The van der Waals surface area contributed by atoms with Crippen LogP contribution >= 0.6 is 9.03 Å². The molecule has 17 heavy (non-hydrogen) atoms. The number of carbonyl (C=O) groups excluding carboxylic acids is 2. The molecule has 2 aliphatic rings. The third-order valence-electron chi connectivity index (χ3n) is 1.96. The molecule has 0 radical (unpaired) electrons. The highest BCUT2D eigenvalue weighted by molar-refractivity contribution is 7.26. The number of rotatable bonds is 6. The van der Waals surface area contributed by atoms with Crippen LogP contribution in [0.15, 0.2) is 0 Å². The Balaban J connectivity index is 1.46. The lowest BCUT2D eigenvalue weighted by Gasteiger charge is -2.09. The monoisotopic (exact) mass is 266 g/mol. The fraction of sp³-hybridized carbons (Fsp3) is 0.750. The van der Waals surface area contributed by atoms with E-state index in [2.05, 4.69) is 9.47 Å². The molecule has 0 bridgehead atoms. The molecule has 2 fully saturated rings. The van der Waals surface area contributed by atoms with Crippen LogP contribution in [-0.2, 0) is 28.0 Å². The Hall–Kier alpha value is -1.11. The topological polar surface area (TPSA) is 89.5 Å². The molecule has 0 amide bonds. The molecule has 2 unspecified atom stereocenters. The second-order valence-electron chi connectivity index (χ2n) is 3.31. The van der Waals surface area contributed by atoms with Crippen molar-refractivity contribution in [2.75, 3.05) is 26.4 Å². The van der Waals surface area contributed by atoms with E-state index in [9.17, 15) is 9.59 Å². The molecule has 2 aliphatic heterocycles. The van der Waals surface area contributed by atoms with Crippen LogP contribution in [-0.4, -0.2) is 50.9 Å². The van der Waals surface area contributed by atoms with E-state index in [0.717, 1.165) is 0 Å². The maximum Gasteiger partial charge on any atom is 0.508 e. The van der Waals surface area contributed by atoms with Gasteiger partial charge in [-0.1, -0.05) is 0 Å². The van der Waals surface area contributed by atoms with E-state index in [0.29, 0.717) is 0 Å². The number of carbonyl (C=O) groups is 2. The van der Waals surface area contributed by atoms with Gasteiger partial charge in [0.05, 0.1) is 13.2 Å². The fourth-order valence-corrected chi connectivity index (χ4v) is 1.78. The van der Waals surface area contributed by atoms with Crippen molar-refractivity contribution >= 4 is 21.3 Å². The van der Waals surface area contributed by atoms with Crippen molar-refractivity contribution in [1.29, 1.82) is 0 Å². The van der Waals surface area contributed by atoms with E-state index in [1.807, 2.05) is 0 Å². The Morgan fingerprint density at radius 2 is 1.47 bits per heavy atom. The van der Waals surface area contributed by atoms with Crippen molar-refractivity contribution < 1.29 is 37.6 Å². The average molecular weight is 266 g/mol. The predicted octanol–water partition coefficient (Wildman–Crippen LogP) is 0.599. The quantitative estimate of drug-likeness (QED) is 0.392. The lowest BCUT2D eigenvalue weighted by molar-refractivity contribution is 0.0879. The molecule has 0 saturated carbocycles. The van der Waals surface area contributed by atoms with Gasteiger partial charge in [-0.25, -0.2) is 9.59 Å². The highest BCUT2D eigenvalue weighted by atomic mass is 31.1. The van der Waals surface area contributed by atoms with Crippen LogP contribution in [0.5, 0.6) is 0 Å². The summed E-state index contributed by atoms with van der Waals surface area (Å²) in [5.74, 6) is 0. The van der Waals surface area contributed by atoms with Crippen LogP contribution in [0, 0.1) is 0 Å². The molecule has 0 N–H and O–H groups in total. The summed E-state index contributed by atoms with van der Waals surface area (Å²) in [4.78, 5) is 21.1. The maximum absolute atomic E-state index is 10.6. The van der Waals surface area contributed by atoms with Gasteiger partial charge < -0.3 is 28.0 Å². The lowest BCUT2D eigenvalue weighted by atomic mass is 10.4. The molecule has 2 rings (SSSR count). The second-order valence-corrected chi connectivity index (χ2v) is 4.05. The zero-order valence-electron chi connectivity index (χ0n) is 8.75. The summed E-state index contributed by atoms with van der Waals surface area (Å²) in [5.41, 5.74) is 0. The van der Waals surface area contributed by atoms with Crippen molar-refractivity contribution in [1.82, 2.24) is 0 Å². The molecule has 0 aromatic carbocycles. The first-order valence-electron chi connectivity index (χ1n) is 4.89. The number of ether oxygens (including phenoxy) is 4. The molecule has 0 spiro atoms. The van der Waals surface area contributed by atoms with Crippen molar-refractivity contribution in [3.8, 4) is 0 Å². The molecular formula is C8H11O8P. The van der Waals surface area contributed by atoms with Crippen molar-refractivity contribution in [2.24, 2.45) is 0 Å². The smallest absolute Gasteiger partial charge is 0.430 e. The number of hydrogen-bond donors (Lipinski definition) is 0. The average Bonchev–Trinajstić information content (AvgIpc) is 2.88. The summed E-state index contributed by atoms with van der Waals surface area (Å²) in [6.45, 7) is 0.811. The summed E-state index contributed by atoms with van der Waals surface area (Å²) in [5, 5.41) is 0. The van der Waals surface area contributed by atoms with Gasteiger partial charge in [0.1, 0.15) is 13.2 Å². The van der Waals surface area contributed by atoms with E-state index in [1.165, 1.54) is 0 Å². The van der Waals surface area contributed by atoms with Crippen LogP contribution in [0.1, 0.15) is 0 Å². The molecule has 9 heteroatoms. The van der Waals surface area contributed by atoms with Crippen LogP contribution in [0.3, 0.4) is 0 Å². The van der Waals surface area contributed by atoms with Gasteiger partial charge >= 0.3 is 12.3 Å². The van der Waals surface area contributed by atoms with Crippen molar-refractivity contribution in [3.05, 3.63) is 0 Å². The van der Waals surface area contributed by atoms with Crippen molar-refractivity contribution in [2.45, 2.75) is 12.2 Å². The predicted molar refractivity (Wildman–Crippen MR) is 52.7 cm³/mol. The highest BCUT2D eigenvalue weighted by Crippen LogP contribution is 2.18. The molecular weight excluding hydrogens is 255 g/mol. The molecule has 96 valence electrons. The Kier molecular flexibility index (Phi) is 4.36. The minimum absolute atomic E-state index is 0.192. The van der Waals surface area contributed by atoms with E-state index >= 15 is 0 Å². The third-order valence-corrected chi connectivity index (χ3v) is 2.53. The van der Waals surface area contributed by atoms with Gasteiger partial charge in [-0.15, -0.1) is 0 Å². The first kappa shape index (κ1) is 12.3. The van der Waals surface area contributed by atoms with Crippen LogP contribution in [0.2, 0.25) is 0 Å². The first-order chi connectivity index (χ1) is 8.24. The Labute approximate surface area is 98.4 Å². The van der Waals surface area contributed by atoms with Gasteiger partial charge in [0, 0.05) is 0 Å². The van der Waals surface area contributed by atoms with Crippen LogP contribution in [0.4, 0.5) is 9.59 Å². The van der Waals surface area contributed by atoms with E-state index in [-0.39, 0.29) is 47.7 Å². The minimum Gasteiger partial charge on any atom is -0.430 e. The second kappa shape index (κ2) is 6.00. The van der Waals surface area contributed by atoms with Gasteiger partial charge in [0.2, 0.25) is 0 Å². The summed E-state index contributed by atoms with van der Waals surface area (Å²) >= 11 is 0. The molecule has 8 nitrogen and oxygen atoms in total. The van der Waals surface area contributed by atoms with Crippen LogP contribution in [0.25, 0.3) is 0 Å². The van der Waals surface area contributed by atoms with Gasteiger partial charge in [0.15, 0.2) is 21.2 Å². The molecule has 0 aromatic rings. The third kappa shape index (κ3) is 3.99. The summed E-state index contributed by atoms with van der Waals surface area (Å²) < 4.78 is 28.8. The molecule has 0 aromatic heterocycles. The standard InChI is InChI=1S/C8H11O8P/c9-7-11-1-5(15-7)3-13-17-14-4-6-2-12-8(10)16-6/h5-6,17H,1-4H2. The van der Waals surface area contributed by atoms with Gasteiger partial charge in [-0.3, -0.25) is 0 Å². The summed E-state index contributed by atoms with van der Waals surface area (Å²) in [7, 11) is -0.224. The minimum atomic E-state index is -0.683. The SMILES string of the molecule is O=C1OCC(COPOCC2COC(=O)O2)O1. The maximum atomic E-state index is 10.6. The molecule has 2 atom stereocenters. The molecule has 2 saturated heterocycles. The largest absolute Gasteiger partial charge is 0.508 e. The Morgan fingerprint density at radius 3 is 1.82 bits per heavy atom. The summed E-state index contributed by atoms with van der Waals surface area (Å²) in [6, 6.07) is 0. The normalized spacial score (nSPS) is 28.0. The zero-order chi connectivity index (χ0) is 12.1.